The van der Waals surface area contributed by atoms with Crippen LogP contribution in [0, 0.1) is 0 Å². The molecule has 0 N–H and O–H groups in total. The Bertz CT molecular complexity index is 327. The molecule has 0 saturated heterocycles. The van der Waals surface area contributed by atoms with Gasteiger partial charge in [0.15, 0.2) is 0 Å². The maximum absolute atomic E-state index is 13.1. The molecule has 0 amide bonds. The summed E-state index contributed by atoms with van der Waals surface area (Å²) in [7, 11) is 0. The molecular weight excluding hydrogens is 191 g/mol. The summed E-state index contributed by atoms with van der Waals surface area (Å²) in [6.45, 7) is 0.338. The van der Waals surface area contributed by atoms with Crippen molar-refractivity contribution in [3.05, 3.63) is 29.8 Å². The van der Waals surface area contributed by atoms with Crippen molar-refractivity contribution in [1.82, 2.24) is 0 Å². The van der Waals surface area contributed by atoms with E-state index in [2.05, 4.69) is 0 Å². The number of hydrogen-bond acceptors (Lipinski definition) is 1. The van der Waals surface area contributed by atoms with Crippen molar-refractivity contribution < 1.29 is 13.2 Å². The molecule has 0 fully saturated rings. The third-order valence-electron chi connectivity index (χ3n) is 2.43. The van der Waals surface area contributed by atoms with Crippen molar-refractivity contribution in [2.24, 2.45) is 0 Å². The number of alkyl halides is 3. The lowest BCUT2D eigenvalue weighted by atomic mass is 10.2. The molecule has 1 aromatic carbocycles. The molecule has 1 unspecified atom stereocenters. The smallest absolute Gasteiger partial charge is 0.287 e. The second kappa shape index (κ2) is 3.52. The number of rotatable bonds is 2. The van der Waals surface area contributed by atoms with Crippen molar-refractivity contribution in [2.75, 3.05) is 11.4 Å². The fourth-order valence-corrected chi connectivity index (χ4v) is 1.76. The Morgan fingerprint density at radius 1 is 1.14 bits per heavy atom. The van der Waals surface area contributed by atoms with Gasteiger partial charge in [-0.05, 0) is 18.1 Å². The molecule has 1 heterocycles. The van der Waals surface area contributed by atoms with E-state index in [4.69, 9.17) is 0 Å². The van der Waals surface area contributed by atoms with Crippen molar-refractivity contribution in [1.29, 1.82) is 0 Å². The lowest BCUT2D eigenvalue weighted by molar-refractivity contribution is 0.0491. The Kier molecular flexibility index (Phi) is 2.35. The van der Waals surface area contributed by atoms with Gasteiger partial charge in [0, 0.05) is 12.2 Å². The maximum Gasteiger partial charge on any atom is 0.287 e. The molecule has 2 rings (SSSR count). The number of nitrogens with zero attached hydrogens (tertiary/aromatic N) is 1. The van der Waals surface area contributed by atoms with E-state index < -0.39 is 12.7 Å². The second-order valence-electron chi connectivity index (χ2n) is 3.28. The molecule has 1 aliphatic rings. The van der Waals surface area contributed by atoms with Gasteiger partial charge >= 0.3 is 0 Å². The number of fused-ring (bicyclic) bond motifs is 1. The van der Waals surface area contributed by atoms with Gasteiger partial charge in [-0.2, -0.15) is 0 Å². The fourth-order valence-electron chi connectivity index (χ4n) is 1.76. The highest BCUT2D eigenvalue weighted by molar-refractivity contribution is 5.58. The summed E-state index contributed by atoms with van der Waals surface area (Å²) in [6.07, 6.45) is -4.48. The van der Waals surface area contributed by atoms with Gasteiger partial charge in [0.2, 0.25) is 6.30 Å². The third-order valence-corrected chi connectivity index (χ3v) is 2.43. The first-order chi connectivity index (χ1) is 6.70. The van der Waals surface area contributed by atoms with E-state index in [0.717, 1.165) is 10.5 Å². The molecule has 0 bridgehead atoms. The van der Waals surface area contributed by atoms with Crippen molar-refractivity contribution >= 4 is 5.69 Å². The first-order valence-electron chi connectivity index (χ1n) is 4.47. The highest BCUT2D eigenvalue weighted by atomic mass is 19.3. The van der Waals surface area contributed by atoms with Crippen molar-refractivity contribution in [3.8, 4) is 0 Å². The van der Waals surface area contributed by atoms with Crippen LogP contribution in [0.1, 0.15) is 5.56 Å². The molecule has 1 aromatic rings. The Hall–Kier alpha value is -1.19. The summed E-state index contributed by atoms with van der Waals surface area (Å²) < 4.78 is 37.4. The van der Waals surface area contributed by atoms with E-state index in [-0.39, 0.29) is 0 Å². The van der Waals surface area contributed by atoms with E-state index in [1.54, 1.807) is 12.1 Å². The molecule has 0 saturated carbocycles. The Labute approximate surface area is 80.1 Å². The van der Waals surface area contributed by atoms with E-state index >= 15 is 0 Å². The van der Waals surface area contributed by atoms with Crippen LogP contribution in [0.25, 0.3) is 0 Å². The third kappa shape index (κ3) is 1.45. The molecule has 1 nitrogen and oxygen atoms in total. The predicted octanol–water partition coefficient (Wildman–Crippen LogP) is 2.61. The zero-order valence-corrected chi connectivity index (χ0v) is 7.46. The standard InChI is InChI=1S/C10H10F3N/c11-9(12)10(13)14-6-5-7-3-1-2-4-8(7)14/h1-4,9-10H,5-6H2. The molecule has 1 aliphatic heterocycles. The first kappa shape index (κ1) is 9.37. The van der Waals surface area contributed by atoms with Gasteiger partial charge in [0.05, 0.1) is 0 Å². The van der Waals surface area contributed by atoms with Gasteiger partial charge in [-0.3, -0.25) is 0 Å². The number of hydrogen-bond donors (Lipinski definition) is 0. The first-order valence-corrected chi connectivity index (χ1v) is 4.47. The van der Waals surface area contributed by atoms with Crippen LogP contribution in [-0.4, -0.2) is 19.3 Å². The molecule has 14 heavy (non-hydrogen) atoms. The lowest BCUT2D eigenvalue weighted by Crippen LogP contribution is -2.35. The van der Waals surface area contributed by atoms with Crippen LogP contribution in [0.2, 0.25) is 0 Å². The van der Waals surface area contributed by atoms with Gasteiger partial charge in [-0.15, -0.1) is 0 Å². The molecule has 0 aromatic heterocycles. The van der Waals surface area contributed by atoms with Gasteiger partial charge in [0.1, 0.15) is 0 Å². The molecular formula is C10H10F3N. The molecule has 0 spiro atoms. The van der Waals surface area contributed by atoms with Crippen LogP contribution in [0.5, 0.6) is 0 Å². The largest absolute Gasteiger partial charge is 0.337 e. The summed E-state index contributed by atoms with van der Waals surface area (Å²) in [5, 5.41) is 0. The minimum absolute atomic E-state index is 0.338. The van der Waals surface area contributed by atoms with Gasteiger partial charge < -0.3 is 4.90 Å². The zero-order valence-electron chi connectivity index (χ0n) is 7.46. The van der Waals surface area contributed by atoms with Gasteiger partial charge in [0.25, 0.3) is 6.43 Å². The van der Waals surface area contributed by atoms with E-state index in [1.807, 2.05) is 12.1 Å². The molecule has 0 aliphatic carbocycles. The van der Waals surface area contributed by atoms with E-state index in [1.165, 1.54) is 0 Å². The average Bonchev–Trinajstić information content (AvgIpc) is 2.60. The topological polar surface area (TPSA) is 3.24 Å². The van der Waals surface area contributed by atoms with Crippen molar-refractivity contribution in [3.63, 3.8) is 0 Å². The van der Waals surface area contributed by atoms with E-state index in [9.17, 15) is 13.2 Å². The highest BCUT2D eigenvalue weighted by Crippen LogP contribution is 2.31. The minimum Gasteiger partial charge on any atom is -0.337 e. The zero-order chi connectivity index (χ0) is 10.1. The van der Waals surface area contributed by atoms with Crippen LogP contribution in [0.4, 0.5) is 18.9 Å². The highest BCUT2D eigenvalue weighted by Gasteiger charge is 2.31. The summed E-state index contributed by atoms with van der Waals surface area (Å²) >= 11 is 0. The summed E-state index contributed by atoms with van der Waals surface area (Å²) in [5.41, 5.74) is 1.54. The monoisotopic (exact) mass is 201 g/mol. The quantitative estimate of drug-likeness (QED) is 0.665. The van der Waals surface area contributed by atoms with Crippen LogP contribution in [0.3, 0.4) is 0 Å². The SMILES string of the molecule is FC(F)C(F)N1CCc2ccccc21. The maximum atomic E-state index is 13.1. The number of benzene rings is 1. The Morgan fingerprint density at radius 2 is 1.86 bits per heavy atom. The minimum atomic E-state index is -2.94. The van der Waals surface area contributed by atoms with Crippen LogP contribution >= 0.6 is 0 Å². The van der Waals surface area contributed by atoms with Crippen LogP contribution in [0.15, 0.2) is 24.3 Å². The second-order valence-corrected chi connectivity index (χ2v) is 3.28. The Balaban J connectivity index is 2.26. The summed E-state index contributed by atoms with van der Waals surface area (Å²) in [5.74, 6) is 0. The predicted molar refractivity (Wildman–Crippen MR) is 48.4 cm³/mol. The summed E-state index contributed by atoms with van der Waals surface area (Å²) in [4.78, 5) is 1.12. The normalized spacial score (nSPS) is 17.3. The van der Waals surface area contributed by atoms with Crippen LogP contribution < -0.4 is 4.90 Å². The summed E-state index contributed by atoms with van der Waals surface area (Å²) in [6, 6.07) is 7.08. The lowest BCUT2D eigenvalue weighted by Gasteiger charge is -2.22. The number of para-hydroxylation sites is 1. The molecule has 0 radical (unpaired) electrons. The Morgan fingerprint density at radius 3 is 2.57 bits per heavy atom. The number of anilines is 1. The fraction of sp³-hybridized carbons (Fsp3) is 0.400. The molecule has 76 valence electrons. The molecule has 1 atom stereocenters. The van der Waals surface area contributed by atoms with Crippen molar-refractivity contribution in [2.45, 2.75) is 19.1 Å². The van der Waals surface area contributed by atoms with E-state index in [0.29, 0.717) is 18.7 Å². The van der Waals surface area contributed by atoms with Crippen LogP contribution in [-0.2, 0) is 6.42 Å². The van der Waals surface area contributed by atoms with Gasteiger partial charge in [-0.1, -0.05) is 18.2 Å². The molecule has 4 heteroatoms. The number of halogens is 3. The average molecular weight is 201 g/mol. The van der Waals surface area contributed by atoms with Gasteiger partial charge in [-0.25, -0.2) is 13.2 Å².